The van der Waals surface area contributed by atoms with Crippen LogP contribution in [0.25, 0.3) is 11.1 Å². The van der Waals surface area contributed by atoms with Crippen molar-refractivity contribution < 1.29 is 19.8 Å². The summed E-state index contributed by atoms with van der Waals surface area (Å²) >= 11 is 0. The minimum Gasteiger partial charge on any atom is -0.396 e. The summed E-state index contributed by atoms with van der Waals surface area (Å²) in [6, 6.07) is 20.9. The molecule has 2 amide bonds. The van der Waals surface area contributed by atoms with E-state index in [0.717, 1.165) is 24.0 Å². The van der Waals surface area contributed by atoms with Gasteiger partial charge in [0.25, 0.3) is 11.5 Å². The number of nitrogens with zero attached hydrogens (tertiary/aromatic N) is 3. The van der Waals surface area contributed by atoms with Crippen LogP contribution >= 0.6 is 0 Å². The van der Waals surface area contributed by atoms with Crippen LogP contribution in [0.15, 0.2) is 77.7 Å². The molecule has 2 saturated heterocycles. The molecule has 222 valence electrons. The topological polar surface area (TPSA) is 103 Å². The van der Waals surface area contributed by atoms with Gasteiger partial charge in [-0.25, -0.2) is 0 Å². The van der Waals surface area contributed by atoms with Crippen LogP contribution in [0.3, 0.4) is 0 Å². The Labute approximate surface area is 247 Å². The number of aliphatic hydroxyl groups excluding tert-OH is 1. The number of carbonyl (C=O) groups excluding carboxylic acids is 2. The summed E-state index contributed by atoms with van der Waals surface area (Å²) in [6.45, 7) is 4.15. The van der Waals surface area contributed by atoms with Gasteiger partial charge >= 0.3 is 0 Å². The molecule has 5 rings (SSSR count). The Hall–Kier alpha value is -3.75. The summed E-state index contributed by atoms with van der Waals surface area (Å²) in [4.78, 5) is 43.7. The second kappa shape index (κ2) is 13.0. The van der Waals surface area contributed by atoms with Gasteiger partial charge in [-0.15, -0.1) is 0 Å². The van der Waals surface area contributed by atoms with E-state index in [1.165, 1.54) is 10.6 Å². The van der Waals surface area contributed by atoms with Crippen LogP contribution in [0.1, 0.15) is 60.9 Å². The first-order valence-electron chi connectivity index (χ1n) is 15.0. The number of hydrogen-bond acceptors (Lipinski definition) is 5. The number of aromatic nitrogens is 1. The van der Waals surface area contributed by atoms with E-state index < -0.39 is 5.60 Å². The van der Waals surface area contributed by atoms with Crippen molar-refractivity contribution in [2.75, 3.05) is 32.8 Å². The third kappa shape index (κ3) is 6.82. The third-order valence-electron chi connectivity index (χ3n) is 8.96. The highest BCUT2D eigenvalue weighted by molar-refractivity contribution is 6.00. The van der Waals surface area contributed by atoms with Crippen molar-refractivity contribution in [3.05, 3.63) is 94.4 Å². The van der Waals surface area contributed by atoms with E-state index in [0.29, 0.717) is 56.6 Å². The molecule has 0 bridgehead atoms. The van der Waals surface area contributed by atoms with E-state index in [4.69, 9.17) is 0 Å². The second-order valence-corrected chi connectivity index (χ2v) is 12.0. The van der Waals surface area contributed by atoms with Gasteiger partial charge in [0, 0.05) is 57.0 Å². The molecular weight excluding hydrogens is 530 g/mol. The fraction of sp³-hybridized carbons (Fsp3) is 0.441. The van der Waals surface area contributed by atoms with Gasteiger partial charge in [-0.1, -0.05) is 67.6 Å². The number of amides is 2. The zero-order valence-corrected chi connectivity index (χ0v) is 24.3. The number of likely N-dealkylation sites (tertiary alicyclic amines) is 2. The first kappa shape index (κ1) is 29.7. The van der Waals surface area contributed by atoms with Gasteiger partial charge < -0.3 is 24.6 Å². The molecule has 3 heterocycles. The molecule has 2 aromatic carbocycles. The monoisotopic (exact) mass is 571 g/mol. The Balaban J connectivity index is 1.31. The Morgan fingerprint density at radius 2 is 1.55 bits per heavy atom. The average molecular weight is 572 g/mol. The van der Waals surface area contributed by atoms with Crippen molar-refractivity contribution >= 4 is 11.8 Å². The van der Waals surface area contributed by atoms with Crippen molar-refractivity contribution in [2.45, 2.75) is 57.1 Å². The molecule has 3 aromatic rings. The lowest BCUT2D eigenvalue weighted by molar-refractivity contribution is -0.136. The lowest BCUT2D eigenvalue weighted by Gasteiger charge is -2.39. The van der Waals surface area contributed by atoms with Gasteiger partial charge in [-0.3, -0.25) is 14.4 Å². The smallest absolute Gasteiger partial charge is 0.255 e. The van der Waals surface area contributed by atoms with Crippen LogP contribution < -0.4 is 5.56 Å². The number of piperidine rings is 2. The lowest BCUT2D eigenvalue weighted by Crippen LogP contribution is -2.50. The van der Waals surface area contributed by atoms with E-state index in [1.54, 1.807) is 16.0 Å². The predicted molar refractivity (Wildman–Crippen MR) is 162 cm³/mol. The maximum Gasteiger partial charge on any atom is 0.255 e. The maximum absolute atomic E-state index is 13.8. The Bertz CT molecular complexity index is 1420. The second-order valence-electron chi connectivity index (χ2n) is 12.0. The summed E-state index contributed by atoms with van der Waals surface area (Å²) in [5.41, 5.74) is 1.46. The summed E-state index contributed by atoms with van der Waals surface area (Å²) in [5, 5.41) is 21.0. The molecular formula is C34H41N3O5. The van der Waals surface area contributed by atoms with Crippen LogP contribution in [-0.2, 0) is 11.3 Å². The van der Waals surface area contributed by atoms with Gasteiger partial charge in [-0.2, -0.15) is 0 Å². The quantitative estimate of drug-likeness (QED) is 0.427. The molecule has 2 aliphatic rings. The van der Waals surface area contributed by atoms with Crippen LogP contribution in [0.2, 0.25) is 0 Å². The molecule has 42 heavy (non-hydrogen) atoms. The lowest BCUT2D eigenvalue weighted by atomic mass is 9.90. The van der Waals surface area contributed by atoms with Gasteiger partial charge in [0.05, 0.1) is 17.7 Å². The highest BCUT2D eigenvalue weighted by Gasteiger charge is 2.35. The molecule has 2 fully saturated rings. The first-order valence-corrected chi connectivity index (χ1v) is 15.0. The summed E-state index contributed by atoms with van der Waals surface area (Å²) in [5.74, 6) is 0.214. The SMILES string of the molecule is C[C@H](CC(=O)N1CCC(O)(Cn2cc(C(=O)N3CCC(CO)CC3)c(-c3ccccc3)cc2=O)CC1)c1ccccc1. The number of hydrogen-bond donors (Lipinski definition) is 2. The number of benzene rings is 2. The molecule has 2 aliphatic heterocycles. The van der Waals surface area contributed by atoms with E-state index in [2.05, 4.69) is 0 Å². The maximum atomic E-state index is 13.8. The summed E-state index contributed by atoms with van der Waals surface area (Å²) in [6.07, 6.45) is 4.18. The van der Waals surface area contributed by atoms with Crippen LogP contribution in [0.4, 0.5) is 0 Å². The number of aliphatic hydroxyl groups is 2. The van der Waals surface area contributed by atoms with Crippen molar-refractivity contribution in [3.63, 3.8) is 0 Å². The van der Waals surface area contributed by atoms with Gasteiger partial charge in [0.2, 0.25) is 5.91 Å². The normalized spacial score (nSPS) is 18.1. The Kier molecular flexibility index (Phi) is 9.24. The molecule has 0 saturated carbocycles. The average Bonchev–Trinajstić information content (AvgIpc) is 3.02. The van der Waals surface area contributed by atoms with Gasteiger partial charge in [0.15, 0.2) is 0 Å². The number of carbonyl (C=O) groups is 2. The van der Waals surface area contributed by atoms with E-state index in [-0.39, 0.29) is 42.4 Å². The van der Waals surface area contributed by atoms with E-state index >= 15 is 0 Å². The van der Waals surface area contributed by atoms with Crippen molar-refractivity contribution in [1.82, 2.24) is 14.4 Å². The number of rotatable bonds is 8. The van der Waals surface area contributed by atoms with E-state index in [1.807, 2.05) is 67.6 Å². The zero-order valence-electron chi connectivity index (χ0n) is 24.3. The predicted octanol–water partition coefficient (Wildman–Crippen LogP) is 3.91. The molecule has 0 spiro atoms. The third-order valence-corrected chi connectivity index (χ3v) is 8.96. The molecule has 0 aliphatic carbocycles. The van der Waals surface area contributed by atoms with Gasteiger partial charge in [0.1, 0.15) is 0 Å². The molecule has 0 unspecified atom stereocenters. The molecule has 1 atom stereocenters. The van der Waals surface area contributed by atoms with Crippen LogP contribution in [0.5, 0.6) is 0 Å². The van der Waals surface area contributed by atoms with Crippen LogP contribution in [-0.4, -0.2) is 74.8 Å². The van der Waals surface area contributed by atoms with Crippen LogP contribution in [0, 0.1) is 5.92 Å². The van der Waals surface area contributed by atoms with Crippen molar-refractivity contribution in [2.24, 2.45) is 5.92 Å². The summed E-state index contributed by atoms with van der Waals surface area (Å²) in [7, 11) is 0. The molecule has 8 heteroatoms. The van der Waals surface area contributed by atoms with Crippen molar-refractivity contribution in [1.29, 1.82) is 0 Å². The standard InChI is InChI=1S/C34H41N3O5/c1-25(27-8-4-2-5-9-27)20-31(39)35-18-14-34(42,15-19-35)24-37-22-30(33(41)36-16-12-26(23-38)13-17-36)29(21-32(37)40)28-10-6-3-7-11-28/h2-11,21-22,25-26,38,42H,12-20,23-24H2,1H3/t25-/m1/s1. The first-order chi connectivity index (χ1) is 20.3. The number of pyridine rings is 1. The minimum atomic E-state index is -1.17. The Morgan fingerprint density at radius 1 is 0.929 bits per heavy atom. The van der Waals surface area contributed by atoms with Gasteiger partial charge in [-0.05, 0) is 48.6 Å². The molecule has 1 aromatic heterocycles. The Morgan fingerprint density at radius 3 is 2.17 bits per heavy atom. The molecule has 2 N–H and O–H groups in total. The minimum absolute atomic E-state index is 0.0518. The molecule has 0 radical (unpaired) electrons. The van der Waals surface area contributed by atoms with Crippen molar-refractivity contribution in [3.8, 4) is 11.1 Å². The fourth-order valence-corrected chi connectivity index (χ4v) is 6.15. The van der Waals surface area contributed by atoms with E-state index in [9.17, 15) is 24.6 Å². The zero-order chi connectivity index (χ0) is 29.7. The molecule has 8 nitrogen and oxygen atoms in total. The highest BCUT2D eigenvalue weighted by atomic mass is 16.3. The largest absolute Gasteiger partial charge is 0.396 e. The highest BCUT2D eigenvalue weighted by Crippen LogP contribution is 2.29. The summed E-state index contributed by atoms with van der Waals surface area (Å²) < 4.78 is 1.45. The fourth-order valence-electron chi connectivity index (χ4n) is 6.15.